The van der Waals surface area contributed by atoms with E-state index in [4.69, 9.17) is 4.74 Å². The predicted molar refractivity (Wildman–Crippen MR) is 55.0 cm³/mol. The Hall–Kier alpha value is -0.610. The molecule has 0 fully saturated rings. The standard InChI is InChI=1S/C10H21NO3/c1-5-8(12)6-7-11-9(13)10(2,3)14-4/h8,12H,5-7H2,1-4H3,(H,11,13). The molecule has 84 valence electrons. The van der Waals surface area contributed by atoms with Crippen LogP contribution in [0.1, 0.15) is 33.6 Å². The van der Waals surface area contributed by atoms with E-state index in [1.165, 1.54) is 7.11 Å². The minimum absolute atomic E-state index is 0.150. The van der Waals surface area contributed by atoms with E-state index in [2.05, 4.69) is 5.32 Å². The highest BCUT2D eigenvalue weighted by Gasteiger charge is 2.26. The van der Waals surface area contributed by atoms with Gasteiger partial charge in [-0.15, -0.1) is 0 Å². The molecule has 2 N–H and O–H groups in total. The highest BCUT2D eigenvalue weighted by atomic mass is 16.5. The molecular formula is C10H21NO3. The number of amides is 1. The van der Waals surface area contributed by atoms with Gasteiger partial charge in [0.2, 0.25) is 0 Å². The molecule has 0 aromatic heterocycles. The van der Waals surface area contributed by atoms with Crippen molar-refractivity contribution in [2.45, 2.75) is 45.3 Å². The van der Waals surface area contributed by atoms with Crippen LogP contribution in [0, 0.1) is 0 Å². The second-order valence-electron chi connectivity index (χ2n) is 3.82. The molecule has 0 heterocycles. The predicted octanol–water partition coefficient (Wildman–Crippen LogP) is 0.689. The molecule has 0 aromatic rings. The zero-order valence-electron chi connectivity index (χ0n) is 9.46. The Kier molecular flexibility index (Phi) is 5.72. The number of aliphatic hydroxyl groups excluding tert-OH is 1. The van der Waals surface area contributed by atoms with Gasteiger partial charge in [0, 0.05) is 13.7 Å². The molecule has 0 radical (unpaired) electrons. The molecule has 0 spiro atoms. The summed E-state index contributed by atoms with van der Waals surface area (Å²) in [5.74, 6) is -0.150. The van der Waals surface area contributed by atoms with E-state index < -0.39 is 5.60 Å². The number of carbonyl (C=O) groups excluding carboxylic acids is 1. The third-order valence-electron chi connectivity index (χ3n) is 2.29. The van der Waals surface area contributed by atoms with E-state index in [-0.39, 0.29) is 12.0 Å². The zero-order valence-corrected chi connectivity index (χ0v) is 9.46. The Bertz CT molecular complexity index is 180. The van der Waals surface area contributed by atoms with Crippen LogP contribution < -0.4 is 5.32 Å². The Morgan fingerprint density at radius 3 is 2.57 bits per heavy atom. The summed E-state index contributed by atoms with van der Waals surface area (Å²) in [6, 6.07) is 0. The van der Waals surface area contributed by atoms with Crippen molar-refractivity contribution in [1.29, 1.82) is 0 Å². The smallest absolute Gasteiger partial charge is 0.251 e. The molecule has 0 aliphatic heterocycles. The van der Waals surface area contributed by atoms with Gasteiger partial charge in [-0.05, 0) is 26.7 Å². The van der Waals surface area contributed by atoms with Gasteiger partial charge in [-0.1, -0.05) is 6.92 Å². The third kappa shape index (κ3) is 4.58. The summed E-state index contributed by atoms with van der Waals surface area (Å²) >= 11 is 0. The van der Waals surface area contributed by atoms with Crippen LogP contribution in [-0.4, -0.2) is 36.4 Å². The van der Waals surface area contributed by atoms with Crippen LogP contribution in [0.2, 0.25) is 0 Å². The summed E-state index contributed by atoms with van der Waals surface area (Å²) < 4.78 is 5.01. The molecular weight excluding hydrogens is 182 g/mol. The number of ether oxygens (including phenoxy) is 1. The van der Waals surface area contributed by atoms with Crippen LogP contribution >= 0.6 is 0 Å². The monoisotopic (exact) mass is 203 g/mol. The lowest BCUT2D eigenvalue weighted by atomic mass is 10.1. The van der Waals surface area contributed by atoms with Gasteiger partial charge in [-0.3, -0.25) is 4.79 Å². The molecule has 0 aliphatic carbocycles. The molecule has 0 bridgehead atoms. The van der Waals surface area contributed by atoms with Gasteiger partial charge in [-0.25, -0.2) is 0 Å². The number of aliphatic hydroxyl groups is 1. The van der Waals surface area contributed by atoms with Crippen molar-refractivity contribution in [2.75, 3.05) is 13.7 Å². The van der Waals surface area contributed by atoms with Crippen LogP contribution in [0.5, 0.6) is 0 Å². The Morgan fingerprint density at radius 1 is 1.57 bits per heavy atom. The maximum absolute atomic E-state index is 11.4. The molecule has 0 saturated carbocycles. The lowest BCUT2D eigenvalue weighted by molar-refractivity contribution is -0.139. The van der Waals surface area contributed by atoms with Gasteiger partial charge < -0.3 is 15.2 Å². The zero-order chi connectivity index (χ0) is 11.2. The fourth-order valence-electron chi connectivity index (χ4n) is 0.862. The first-order valence-electron chi connectivity index (χ1n) is 4.95. The van der Waals surface area contributed by atoms with Crippen LogP contribution in [0.4, 0.5) is 0 Å². The van der Waals surface area contributed by atoms with Gasteiger partial charge in [0.05, 0.1) is 6.10 Å². The van der Waals surface area contributed by atoms with Crippen LogP contribution in [0.3, 0.4) is 0 Å². The Morgan fingerprint density at radius 2 is 2.14 bits per heavy atom. The number of rotatable bonds is 6. The van der Waals surface area contributed by atoms with E-state index >= 15 is 0 Å². The molecule has 0 saturated heterocycles. The average molecular weight is 203 g/mol. The van der Waals surface area contributed by atoms with Crippen LogP contribution in [-0.2, 0) is 9.53 Å². The lowest BCUT2D eigenvalue weighted by Gasteiger charge is -2.21. The van der Waals surface area contributed by atoms with E-state index in [0.29, 0.717) is 19.4 Å². The molecule has 4 heteroatoms. The van der Waals surface area contributed by atoms with Crippen molar-refractivity contribution in [3.8, 4) is 0 Å². The van der Waals surface area contributed by atoms with E-state index in [1.54, 1.807) is 13.8 Å². The number of carbonyl (C=O) groups is 1. The first kappa shape index (κ1) is 13.4. The lowest BCUT2D eigenvalue weighted by Crippen LogP contribution is -2.44. The minimum atomic E-state index is -0.794. The highest BCUT2D eigenvalue weighted by molar-refractivity contribution is 5.84. The highest BCUT2D eigenvalue weighted by Crippen LogP contribution is 2.06. The second kappa shape index (κ2) is 5.98. The fraction of sp³-hybridized carbons (Fsp3) is 0.900. The molecule has 14 heavy (non-hydrogen) atoms. The van der Waals surface area contributed by atoms with E-state index in [1.807, 2.05) is 6.92 Å². The topological polar surface area (TPSA) is 58.6 Å². The van der Waals surface area contributed by atoms with Crippen molar-refractivity contribution in [3.05, 3.63) is 0 Å². The summed E-state index contributed by atoms with van der Waals surface area (Å²) in [6.07, 6.45) is 0.965. The minimum Gasteiger partial charge on any atom is -0.393 e. The average Bonchev–Trinajstić information content (AvgIpc) is 2.17. The van der Waals surface area contributed by atoms with Crippen LogP contribution in [0.15, 0.2) is 0 Å². The summed E-state index contributed by atoms with van der Waals surface area (Å²) in [5, 5.41) is 12.0. The van der Waals surface area contributed by atoms with Gasteiger partial charge in [0.15, 0.2) is 0 Å². The van der Waals surface area contributed by atoms with Crippen molar-refractivity contribution in [3.63, 3.8) is 0 Å². The van der Waals surface area contributed by atoms with Crippen LogP contribution in [0.25, 0.3) is 0 Å². The Labute approximate surface area is 85.6 Å². The first-order valence-corrected chi connectivity index (χ1v) is 4.95. The molecule has 1 atom stereocenters. The SMILES string of the molecule is CCC(O)CCNC(=O)C(C)(C)OC. The maximum atomic E-state index is 11.4. The third-order valence-corrected chi connectivity index (χ3v) is 2.29. The molecule has 0 rings (SSSR count). The number of nitrogens with one attached hydrogen (secondary N) is 1. The summed E-state index contributed by atoms with van der Waals surface area (Å²) in [5.41, 5.74) is -0.794. The second-order valence-corrected chi connectivity index (χ2v) is 3.82. The molecule has 0 aliphatic rings. The van der Waals surface area contributed by atoms with Gasteiger partial charge in [-0.2, -0.15) is 0 Å². The molecule has 0 aromatic carbocycles. The van der Waals surface area contributed by atoms with Crippen molar-refractivity contribution >= 4 is 5.91 Å². The van der Waals surface area contributed by atoms with Crippen molar-refractivity contribution < 1.29 is 14.6 Å². The Balaban J connectivity index is 3.75. The fourth-order valence-corrected chi connectivity index (χ4v) is 0.862. The molecule has 1 amide bonds. The van der Waals surface area contributed by atoms with Crippen molar-refractivity contribution in [1.82, 2.24) is 5.32 Å². The summed E-state index contributed by atoms with van der Waals surface area (Å²) in [4.78, 5) is 11.4. The van der Waals surface area contributed by atoms with E-state index in [0.717, 1.165) is 0 Å². The normalized spacial score (nSPS) is 13.8. The number of hydrogen-bond donors (Lipinski definition) is 2. The largest absolute Gasteiger partial charge is 0.393 e. The first-order chi connectivity index (χ1) is 6.44. The molecule has 1 unspecified atom stereocenters. The number of hydrogen-bond acceptors (Lipinski definition) is 3. The van der Waals surface area contributed by atoms with Gasteiger partial charge in [0.25, 0.3) is 5.91 Å². The maximum Gasteiger partial charge on any atom is 0.251 e. The molecule has 4 nitrogen and oxygen atoms in total. The van der Waals surface area contributed by atoms with Gasteiger partial charge in [0.1, 0.15) is 5.60 Å². The summed E-state index contributed by atoms with van der Waals surface area (Å²) in [7, 11) is 1.50. The summed E-state index contributed by atoms with van der Waals surface area (Å²) in [6.45, 7) is 5.81. The van der Waals surface area contributed by atoms with Crippen molar-refractivity contribution in [2.24, 2.45) is 0 Å². The number of methoxy groups -OCH3 is 1. The van der Waals surface area contributed by atoms with Gasteiger partial charge >= 0.3 is 0 Å². The quantitative estimate of drug-likeness (QED) is 0.667. The van der Waals surface area contributed by atoms with E-state index in [9.17, 15) is 9.90 Å².